The molecule has 1 N–H and O–H groups in total. The monoisotopic (exact) mass is 283 g/mol. The lowest BCUT2D eigenvalue weighted by Crippen LogP contribution is -2.34. The van der Waals surface area contributed by atoms with Crippen LogP contribution in [0.25, 0.3) is 0 Å². The highest BCUT2D eigenvalue weighted by atomic mass is 32.2. The van der Waals surface area contributed by atoms with E-state index in [2.05, 4.69) is 6.92 Å². The third-order valence-corrected chi connectivity index (χ3v) is 5.53. The molecule has 4 nitrogen and oxygen atoms in total. The van der Waals surface area contributed by atoms with E-state index in [1.807, 2.05) is 6.92 Å². The predicted octanol–water partition coefficient (Wildman–Crippen LogP) is 1.74. The van der Waals surface area contributed by atoms with E-state index in [4.69, 9.17) is 5.11 Å². The summed E-state index contributed by atoms with van der Waals surface area (Å²) >= 11 is 0. The van der Waals surface area contributed by atoms with Gasteiger partial charge in [0.05, 0.1) is 12.4 Å². The molecule has 1 aliphatic rings. The molecule has 1 fully saturated rings. The van der Waals surface area contributed by atoms with Crippen molar-refractivity contribution in [3.05, 3.63) is 35.4 Å². The number of hydrogen-bond acceptors (Lipinski definition) is 3. The van der Waals surface area contributed by atoms with Gasteiger partial charge in [-0.15, -0.1) is 0 Å². The predicted molar refractivity (Wildman–Crippen MR) is 74.9 cm³/mol. The first-order chi connectivity index (χ1) is 8.92. The lowest BCUT2D eigenvalue weighted by molar-refractivity contribution is 0.281. The van der Waals surface area contributed by atoms with Crippen LogP contribution in [-0.4, -0.2) is 30.4 Å². The van der Waals surface area contributed by atoms with Crippen molar-refractivity contribution in [3.8, 4) is 0 Å². The van der Waals surface area contributed by atoms with Gasteiger partial charge in [0, 0.05) is 12.6 Å². The summed E-state index contributed by atoms with van der Waals surface area (Å²) in [4.78, 5) is 0. The molecule has 2 rings (SSSR count). The van der Waals surface area contributed by atoms with Crippen molar-refractivity contribution >= 4 is 10.0 Å². The van der Waals surface area contributed by atoms with Crippen LogP contribution >= 0.6 is 0 Å². The topological polar surface area (TPSA) is 57.6 Å². The van der Waals surface area contributed by atoms with E-state index >= 15 is 0 Å². The molecule has 5 heteroatoms. The zero-order valence-electron chi connectivity index (χ0n) is 11.4. The van der Waals surface area contributed by atoms with Gasteiger partial charge in [-0.25, -0.2) is 8.42 Å². The average Bonchev–Trinajstić information content (AvgIpc) is 2.69. The van der Waals surface area contributed by atoms with Gasteiger partial charge in [0.25, 0.3) is 0 Å². The summed E-state index contributed by atoms with van der Waals surface area (Å²) in [6.07, 6.45) is 0.926. The zero-order valence-corrected chi connectivity index (χ0v) is 12.2. The molecule has 0 radical (unpaired) electrons. The van der Waals surface area contributed by atoms with Crippen molar-refractivity contribution in [2.75, 3.05) is 6.54 Å². The maximum atomic E-state index is 12.4. The standard InChI is InChI=1S/C14H21NO3S/c1-11-6-12(2)15(8-11)19(17,18)10-14-5-3-4-13(7-14)9-16/h3-5,7,11-12,16H,6,8-10H2,1-2H3. The average molecular weight is 283 g/mol. The largest absolute Gasteiger partial charge is 0.392 e. The molecular formula is C14H21NO3S. The molecule has 1 aromatic carbocycles. The third kappa shape index (κ3) is 3.35. The summed E-state index contributed by atoms with van der Waals surface area (Å²) in [7, 11) is -3.27. The first-order valence-corrected chi connectivity index (χ1v) is 8.21. The fraction of sp³-hybridized carbons (Fsp3) is 0.571. The Bertz CT molecular complexity index is 541. The van der Waals surface area contributed by atoms with Crippen LogP contribution in [0.5, 0.6) is 0 Å². The molecule has 1 heterocycles. The number of aliphatic hydroxyl groups is 1. The van der Waals surface area contributed by atoms with Gasteiger partial charge < -0.3 is 5.11 Å². The van der Waals surface area contributed by atoms with Crippen LogP contribution in [0.4, 0.5) is 0 Å². The van der Waals surface area contributed by atoms with E-state index in [9.17, 15) is 8.42 Å². The van der Waals surface area contributed by atoms with E-state index < -0.39 is 10.0 Å². The minimum Gasteiger partial charge on any atom is -0.392 e. The van der Waals surface area contributed by atoms with Crippen LogP contribution in [0.15, 0.2) is 24.3 Å². The van der Waals surface area contributed by atoms with Gasteiger partial charge >= 0.3 is 0 Å². The fourth-order valence-electron chi connectivity index (χ4n) is 2.76. The number of nitrogens with zero attached hydrogens (tertiary/aromatic N) is 1. The highest BCUT2D eigenvalue weighted by molar-refractivity contribution is 7.88. The van der Waals surface area contributed by atoms with Gasteiger partial charge in [-0.05, 0) is 30.4 Å². The second-order valence-corrected chi connectivity index (χ2v) is 7.42. The lowest BCUT2D eigenvalue weighted by atomic mass is 10.1. The van der Waals surface area contributed by atoms with Crippen LogP contribution in [-0.2, 0) is 22.4 Å². The van der Waals surface area contributed by atoms with Crippen molar-refractivity contribution in [2.24, 2.45) is 5.92 Å². The van der Waals surface area contributed by atoms with E-state index in [1.165, 1.54) is 0 Å². The molecule has 0 saturated carbocycles. The fourth-order valence-corrected chi connectivity index (χ4v) is 4.64. The Morgan fingerprint density at radius 2 is 2.00 bits per heavy atom. The summed E-state index contributed by atoms with van der Waals surface area (Å²) in [5.41, 5.74) is 1.48. The minimum absolute atomic E-state index is 0.0118. The van der Waals surface area contributed by atoms with Gasteiger partial charge in [0.15, 0.2) is 0 Å². The molecule has 2 atom stereocenters. The normalized spacial score (nSPS) is 24.8. The van der Waals surface area contributed by atoms with E-state index in [-0.39, 0.29) is 18.4 Å². The van der Waals surface area contributed by atoms with Crippen LogP contribution in [0.3, 0.4) is 0 Å². The van der Waals surface area contributed by atoms with Gasteiger partial charge in [0.1, 0.15) is 0 Å². The van der Waals surface area contributed by atoms with Gasteiger partial charge in [-0.2, -0.15) is 4.31 Å². The molecule has 1 aromatic rings. The summed E-state index contributed by atoms with van der Waals surface area (Å²) in [5, 5.41) is 9.09. The van der Waals surface area contributed by atoms with E-state index in [0.29, 0.717) is 12.5 Å². The molecule has 0 aliphatic carbocycles. The molecule has 0 spiro atoms. The highest BCUT2D eigenvalue weighted by Crippen LogP contribution is 2.27. The second-order valence-electron chi connectivity index (χ2n) is 5.49. The molecule has 1 saturated heterocycles. The SMILES string of the molecule is CC1CC(C)N(S(=O)(=O)Cc2cccc(CO)c2)C1. The highest BCUT2D eigenvalue weighted by Gasteiger charge is 2.34. The van der Waals surface area contributed by atoms with Gasteiger partial charge in [0.2, 0.25) is 10.0 Å². The van der Waals surface area contributed by atoms with E-state index in [1.54, 1.807) is 28.6 Å². The van der Waals surface area contributed by atoms with Crippen LogP contribution in [0, 0.1) is 5.92 Å². The van der Waals surface area contributed by atoms with Crippen LogP contribution < -0.4 is 0 Å². The van der Waals surface area contributed by atoms with Gasteiger partial charge in [-0.3, -0.25) is 0 Å². The smallest absolute Gasteiger partial charge is 0.218 e. The van der Waals surface area contributed by atoms with Crippen LogP contribution in [0.2, 0.25) is 0 Å². The molecule has 0 amide bonds. The molecule has 19 heavy (non-hydrogen) atoms. The Kier molecular flexibility index (Phi) is 4.28. The first kappa shape index (κ1) is 14.5. The molecule has 1 aliphatic heterocycles. The second kappa shape index (κ2) is 5.61. The van der Waals surface area contributed by atoms with Crippen molar-refractivity contribution in [2.45, 2.75) is 38.7 Å². The molecule has 0 bridgehead atoms. The van der Waals surface area contributed by atoms with Crippen molar-refractivity contribution in [3.63, 3.8) is 0 Å². The molecule has 0 aromatic heterocycles. The Morgan fingerprint density at radius 3 is 2.58 bits per heavy atom. The van der Waals surface area contributed by atoms with E-state index in [0.717, 1.165) is 17.5 Å². The summed E-state index contributed by atoms with van der Waals surface area (Å²) in [5.74, 6) is 0.436. The Hall–Kier alpha value is -0.910. The number of aliphatic hydroxyl groups excluding tert-OH is 1. The first-order valence-electron chi connectivity index (χ1n) is 6.60. The van der Waals surface area contributed by atoms with Crippen molar-refractivity contribution in [1.82, 2.24) is 4.31 Å². The third-order valence-electron chi connectivity index (χ3n) is 3.61. The minimum atomic E-state index is -3.27. The Labute approximate surface area is 115 Å². The zero-order chi connectivity index (χ0) is 14.0. The molecule has 2 unspecified atom stereocenters. The van der Waals surface area contributed by atoms with Crippen LogP contribution in [0.1, 0.15) is 31.4 Å². The lowest BCUT2D eigenvalue weighted by Gasteiger charge is -2.21. The summed E-state index contributed by atoms with van der Waals surface area (Å²) in [6, 6.07) is 7.20. The van der Waals surface area contributed by atoms with Gasteiger partial charge in [-0.1, -0.05) is 31.2 Å². The number of hydrogen-bond donors (Lipinski definition) is 1. The van der Waals surface area contributed by atoms with Crippen molar-refractivity contribution in [1.29, 1.82) is 0 Å². The molecule has 106 valence electrons. The number of sulfonamides is 1. The Morgan fingerprint density at radius 1 is 1.32 bits per heavy atom. The number of rotatable bonds is 4. The van der Waals surface area contributed by atoms with Crippen molar-refractivity contribution < 1.29 is 13.5 Å². The maximum Gasteiger partial charge on any atom is 0.218 e. The number of benzene rings is 1. The summed E-state index contributed by atoms with van der Waals surface area (Å²) < 4.78 is 26.5. The molecular weight excluding hydrogens is 262 g/mol. The maximum absolute atomic E-state index is 12.4. The quantitative estimate of drug-likeness (QED) is 0.915. The Balaban J connectivity index is 2.17. The summed E-state index contributed by atoms with van der Waals surface area (Å²) in [6.45, 7) is 4.60.